The zero-order valence-electron chi connectivity index (χ0n) is 40.5. The highest BCUT2D eigenvalue weighted by molar-refractivity contribution is 5.80. The molecule has 4 rings (SSSR count). The van der Waals surface area contributed by atoms with Crippen molar-refractivity contribution in [3.8, 4) is 0 Å². The topological polar surface area (TPSA) is 337 Å². The normalized spacial score (nSPS) is 44.3. The Hall–Kier alpha value is -3.48. The minimum atomic E-state index is -2.26. The molecule has 6 unspecified atom stereocenters. The van der Waals surface area contributed by atoms with Gasteiger partial charge in [-0.25, -0.2) is 0 Å². The highest BCUT2D eigenvalue weighted by Crippen LogP contribution is 2.38. The first-order chi connectivity index (χ1) is 33.2. The van der Waals surface area contributed by atoms with E-state index in [0.717, 1.165) is 0 Å². The van der Waals surface area contributed by atoms with Crippen LogP contribution in [0.2, 0.25) is 0 Å². The van der Waals surface area contributed by atoms with E-state index in [1.54, 1.807) is 55.5 Å². The lowest BCUT2D eigenvalue weighted by Gasteiger charge is -2.46. The predicted molar refractivity (Wildman–Crippen MR) is 259 cm³/mol. The number of rotatable bonds is 4. The van der Waals surface area contributed by atoms with Gasteiger partial charge in [0.1, 0.15) is 12.2 Å². The Morgan fingerprint density at radius 3 is 1.89 bits per heavy atom. The van der Waals surface area contributed by atoms with Gasteiger partial charge in [0.05, 0.1) is 86.0 Å². The number of carbonyl (C=O) groups excluding carboxylic acids is 2. The van der Waals surface area contributed by atoms with Crippen LogP contribution >= 0.6 is 0 Å². The Labute approximate surface area is 411 Å². The fraction of sp³-hybridized carbons (Fsp3) is 0.686. The monoisotopic (exact) mass is 992 g/mol. The molecule has 1 amide bonds. The number of hydrogen-bond donors (Lipinski definition) is 13. The van der Waals surface area contributed by atoms with Gasteiger partial charge in [-0.05, 0) is 51.9 Å². The van der Waals surface area contributed by atoms with Crippen molar-refractivity contribution in [1.29, 1.82) is 0 Å². The standard InChI is InChI=1S/C51H81N3O16/c1-31-15-13-11-9-7-5-3-4-6-8-10-12-14-16-38(69-50-48(64)47(53)43(62)30-67-50)27-44-46(49(65)54-34-19-17-33(52)18-20-34)42(61)29-51(66,70-44)28-37(57)25-41(60)39(58)22-21-35(55)24-36(56)26-45(63)68-32(2)23-40(31)59/h3-16,31-44,46-48,50,55-62,64,66H,17-30,52-53H2,1-2H3,(H,54,65)/b4-3+,7-5+,8-6+,11-9+,12-10+,15-13+,16-14+/t31-,32-,33-,34-,35?,36?,37?,38?,39+,40-,41?,42-,43+,44-,46+,47-,48-,50-,51?/m0/s1. The Morgan fingerprint density at radius 1 is 0.657 bits per heavy atom. The number of esters is 1. The first-order valence-corrected chi connectivity index (χ1v) is 24.7. The van der Waals surface area contributed by atoms with Gasteiger partial charge in [0, 0.05) is 50.1 Å². The van der Waals surface area contributed by atoms with Crippen molar-refractivity contribution < 1.29 is 79.6 Å². The molecule has 17 atom stereocenters. The molecule has 70 heavy (non-hydrogen) atoms. The molecule has 3 aliphatic heterocycles. The van der Waals surface area contributed by atoms with Crippen molar-refractivity contribution >= 4 is 11.9 Å². The average Bonchev–Trinajstić information content (AvgIpc) is 3.27. The van der Waals surface area contributed by atoms with Gasteiger partial charge in [-0.3, -0.25) is 9.59 Å². The fourth-order valence-electron chi connectivity index (χ4n) is 9.07. The van der Waals surface area contributed by atoms with Crippen LogP contribution in [-0.2, 0) is 28.5 Å². The summed E-state index contributed by atoms with van der Waals surface area (Å²) in [4.78, 5) is 26.6. The van der Waals surface area contributed by atoms with Crippen molar-refractivity contribution in [3.63, 3.8) is 0 Å². The van der Waals surface area contributed by atoms with Crippen LogP contribution in [0.15, 0.2) is 85.1 Å². The Morgan fingerprint density at radius 2 is 1.26 bits per heavy atom. The van der Waals surface area contributed by atoms with Gasteiger partial charge >= 0.3 is 5.97 Å². The van der Waals surface area contributed by atoms with Crippen molar-refractivity contribution in [2.24, 2.45) is 23.3 Å². The molecule has 0 aromatic heterocycles. The minimum Gasteiger partial charge on any atom is -0.462 e. The van der Waals surface area contributed by atoms with E-state index in [9.17, 15) is 60.7 Å². The van der Waals surface area contributed by atoms with Crippen LogP contribution in [0, 0.1) is 11.8 Å². The SMILES string of the molecule is C[C@H]1C[C@H](O)[C@@H](C)/C=C/C=C/C=C/C=C/C=C/C=C/C=C/C(O[C@@H]2OC[C@@H](O)[C@H](N)[C@@H]2O)C[C@@H]2OC(O)(CC(O)CC(O)[C@H](O)CCC(O)CC(O)CC(=O)O1)C[C@H](O)[C@H]2C(=O)N[C@H]1CC[C@H](N)CC1. The first kappa shape index (κ1) is 59.1. The van der Waals surface area contributed by atoms with E-state index in [1.807, 2.05) is 43.4 Å². The van der Waals surface area contributed by atoms with Gasteiger partial charge in [-0.15, -0.1) is 0 Å². The van der Waals surface area contributed by atoms with Crippen LogP contribution in [-0.4, -0.2) is 173 Å². The third kappa shape index (κ3) is 20.6. The van der Waals surface area contributed by atoms with Gasteiger partial charge in [0.25, 0.3) is 0 Å². The van der Waals surface area contributed by atoms with Crippen LogP contribution < -0.4 is 16.8 Å². The van der Waals surface area contributed by atoms with Gasteiger partial charge < -0.3 is 86.8 Å². The molecule has 0 aromatic carbocycles. The average molecular weight is 992 g/mol. The quantitative estimate of drug-likeness (QED) is 0.169. The molecule has 15 N–H and O–H groups in total. The molecule has 0 spiro atoms. The highest BCUT2D eigenvalue weighted by atomic mass is 16.7. The molecule has 19 heteroatoms. The smallest absolute Gasteiger partial charge is 0.308 e. The summed E-state index contributed by atoms with van der Waals surface area (Å²) >= 11 is 0. The molecule has 3 heterocycles. The number of amides is 1. The highest BCUT2D eigenvalue weighted by Gasteiger charge is 2.51. The summed E-state index contributed by atoms with van der Waals surface area (Å²) in [5, 5.41) is 112. The lowest BCUT2D eigenvalue weighted by molar-refractivity contribution is -0.304. The van der Waals surface area contributed by atoms with Crippen molar-refractivity contribution in [3.05, 3.63) is 85.1 Å². The number of hydrogen-bond acceptors (Lipinski definition) is 18. The van der Waals surface area contributed by atoms with E-state index < -0.39 is 135 Å². The van der Waals surface area contributed by atoms with Crippen LogP contribution in [0.4, 0.5) is 0 Å². The molecule has 0 aromatic rings. The van der Waals surface area contributed by atoms with Gasteiger partial charge in [-0.1, -0.05) is 92.0 Å². The zero-order chi connectivity index (χ0) is 51.4. The summed E-state index contributed by atoms with van der Waals surface area (Å²) in [6.07, 6.45) is 8.71. The van der Waals surface area contributed by atoms with E-state index >= 15 is 0 Å². The molecule has 4 aliphatic rings. The third-order valence-electron chi connectivity index (χ3n) is 13.2. The second-order valence-electron chi connectivity index (χ2n) is 19.5. The van der Waals surface area contributed by atoms with E-state index in [0.29, 0.717) is 25.7 Å². The lowest BCUT2D eigenvalue weighted by Crippen LogP contribution is -2.60. The fourth-order valence-corrected chi connectivity index (χ4v) is 9.07. The van der Waals surface area contributed by atoms with Gasteiger partial charge in [-0.2, -0.15) is 0 Å². The molecule has 19 nitrogen and oxygen atoms in total. The number of fused-ring (bicyclic) bond motifs is 2. The van der Waals surface area contributed by atoms with Crippen molar-refractivity contribution in [2.45, 2.75) is 201 Å². The summed E-state index contributed by atoms with van der Waals surface area (Å²) < 4.78 is 23.5. The maximum atomic E-state index is 14.1. The predicted octanol–water partition coefficient (Wildman–Crippen LogP) is 0.379. The van der Waals surface area contributed by atoms with E-state index in [1.165, 1.54) is 0 Å². The van der Waals surface area contributed by atoms with E-state index in [-0.39, 0.29) is 56.7 Å². The molecule has 2 bridgehead atoms. The van der Waals surface area contributed by atoms with E-state index in [2.05, 4.69) is 5.32 Å². The minimum absolute atomic E-state index is 0.00807. The van der Waals surface area contributed by atoms with Crippen LogP contribution in [0.1, 0.15) is 97.3 Å². The third-order valence-corrected chi connectivity index (χ3v) is 13.2. The second kappa shape index (κ2) is 29.9. The molecule has 1 aliphatic carbocycles. The molecule has 396 valence electrons. The summed E-state index contributed by atoms with van der Waals surface area (Å²) in [6, 6.07) is -1.32. The number of carbonyl (C=O) groups is 2. The largest absolute Gasteiger partial charge is 0.462 e. The lowest BCUT2D eigenvalue weighted by atomic mass is 9.81. The Bertz CT molecular complexity index is 1790. The number of allylic oxidation sites excluding steroid dienone is 12. The van der Waals surface area contributed by atoms with Gasteiger partial charge in [0.2, 0.25) is 5.91 Å². The number of ether oxygens (including phenoxy) is 4. The number of aliphatic hydroxyl groups excluding tert-OH is 9. The van der Waals surface area contributed by atoms with Gasteiger partial charge in [0.15, 0.2) is 12.1 Å². The second-order valence-corrected chi connectivity index (χ2v) is 19.5. The van der Waals surface area contributed by atoms with Crippen LogP contribution in [0.3, 0.4) is 0 Å². The molecule has 2 saturated heterocycles. The van der Waals surface area contributed by atoms with E-state index in [4.69, 9.17) is 30.4 Å². The molecule has 0 radical (unpaired) electrons. The maximum Gasteiger partial charge on any atom is 0.308 e. The number of nitrogens with two attached hydrogens (primary N) is 2. The van der Waals surface area contributed by atoms with Crippen molar-refractivity contribution in [2.75, 3.05) is 6.61 Å². The molecular formula is C51H81N3O16. The first-order valence-electron chi connectivity index (χ1n) is 24.7. The zero-order valence-corrected chi connectivity index (χ0v) is 40.5. The number of nitrogens with one attached hydrogen (secondary N) is 1. The number of aliphatic hydroxyl groups is 10. The summed E-state index contributed by atoms with van der Waals surface area (Å²) in [6.45, 7) is 3.22. The van der Waals surface area contributed by atoms with Crippen LogP contribution in [0.25, 0.3) is 0 Å². The Kier molecular flexibility index (Phi) is 25.2. The molecular weight excluding hydrogens is 911 g/mol. The summed E-state index contributed by atoms with van der Waals surface area (Å²) in [5.74, 6) is -5.03. The number of cyclic esters (lactones) is 1. The summed E-state index contributed by atoms with van der Waals surface area (Å²) in [7, 11) is 0. The van der Waals surface area contributed by atoms with Crippen LogP contribution in [0.5, 0.6) is 0 Å². The maximum absolute atomic E-state index is 14.1. The molecule has 1 saturated carbocycles. The Balaban J connectivity index is 1.58. The summed E-state index contributed by atoms with van der Waals surface area (Å²) in [5.41, 5.74) is 12.1. The van der Waals surface area contributed by atoms with Crippen molar-refractivity contribution in [1.82, 2.24) is 5.32 Å². The molecule has 3 fully saturated rings.